The maximum Gasteiger partial charge on any atom is 0.270 e. The average Bonchev–Trinajstić information content (AvgIpc) is 3.81. The van der Waals surface area contributed by atoms with Crippen LogP contribution in [0.25, 0.3) is 10.8 Å². The van der Waals surface area contributed by atoms with E-state index in [4.69, 9.17) is 14.6 Å². The second-order valence-corrected chi connectivity index (χ2v) is 16.2. The van der Waals surface area contributed by atoms with Gasteiger partial charge >= 0.3 is 0 Å². The van der Waals surface area contributed by atoms with Crippen LogP contribution in [-0.2, 0) is 34.5 Å². The molecule has 1 atom stereocenters. The zero-order valence-electron chi connectivity index (χ0n) is 30.3. The molecule has 0 bridgehead atoms. The largest absolute Gasteiger partial charge is 0.457 e. The summed E-state index contributed by atoms with van der Waals surface area (Å²) in [5.74, 6) is 1.58. The SMILES string of the molecule is CC(C)c1ccc(CC(NC(=O)c2cc3ccc(Oc4ccc(C(C)(C)C)cc4)cc3c(CC3CCCC3)n2)C(=O)NOCc2ccccc2)s1. The average molecular weight is 704 g/mol. The molecule has 1 aliphatic rings. The number of pyridine rings is 1. The first-order valence-corrected chi connectivity index (χ1v) is 18.9. The normalized spacial score (nSPS) is 14.2. The topological polar surface area (TPSA) is 89.5 Å². The lowest BCUT2D eigenvalue weighted by atomic mass is 9.87. The summed E-state index contributed by atoms with van der Waals surface area (Å²) in [6.07, 6.45) is 5.86. The Morgan fingerprint density at radius 3 is 2.31 bits per heavy atom. The van der Waals surface area contributed by atoms with Crippen molar-refractivity contribution in [1.82, 2.24) is 15.8 Å². The Kier molecular flexibility index (Phi) is 11.5. The van der Waals surface area contributed by atoms with Crippen LogP contribution in [0.4, 0.5) is 0 Å². The maximum atomic E-state index is 14.0. The van der Waals surface area contributed by atoms with Gasteiger partial charge in [-0.1, -0.05) is 109 Å². The molecule has 3 aromatic carbocycles. The van der Waals surface area contributed by atoms with Crippen LogP contribution in [0.3, 0.4) is 0 Å². The van der Waals surface area contributed by atoms with Crippen LogP contribution < -0.4 is 15.5 Å². The summed E-state index contributed by atoms with van der Waals surface area (Å²) in [5.41, 5.74) is 5.99. The van der Waals surface area contributed by atoms with E-state index in [-0.39, 0.29) is 12.0 Å². The molecule has 51 heavy (non-hydrogen) atoms. The Morgan fingerprint density at radius 2 is 1.63 bits per heavy atom. The zero-order valence-corrected chi connectivity index (χ0v) is 31.1. The number of hydrogen-bond acceptors (Lipinski definition) is 6. The Labute approximate surface area is 305 Å². The van der Waals surface area contributed by atoms with Gasteiger partial charge in [-0.3, -0.25) is 14.4 Å². The highest BCUT2D eigenvalue weighted by Gasteiger charge is 2.26. The molecule has 0 spiro atoms. The van der Waals surface area contributed by atoms with Gasteiger partial charge in [0.05, 0.1) is 6.61 Å². The van der Waals surface area contributed by atoms with Crippen molar-refractivity contribution < 1.29 is 19.2 Å². The molecule has 8 heteroatoms. The summed E-state index contributed by atoms with van der Waals surface area (Å²) in [7, 11) is 0. The summed E-state index contributed by atoms with van der Waals surface area (Å²) in [5, 5.41) is 4.89. The predicted molar refractivity (Wildman–Crippen MR) is 205 cm³/mol. The fraction of sp³-hybridized carbons (Fsp3) is 0.372. The van der Waals surface area contributed by atoms with Gasteiger partial charge in [-0.2, -0.15) is 0 Å². The molecule has 2 heterocycles. The van der Waals surface area contributed by atoms with Crippen molar-refractivity contribution in [1.29, 1.82) is 0 Å². The van der Waals surface area contributed by atoms with Gasteiger partial charge in [-0.05, 0) is 82.6 Å². The minimum atomic E-state index is -0.858. The number of carbonyl (C=O) groups is 2. The molecule has 0 saturated heterocycles. The fourth-order valence-corrected chi connectivity index (χ4v) is 7.63. The smallest absolute Gasteiger partial charge is 0.270 e. The van der Waals surface area contributed by atoms with E-state index >= 15 is 0 Å². The molecule has 266 valence electrons. The zero-order chi connectivity index (χ0) is 36.0. The number of benzene rings is 3. The summed E-state index contributed by atoms with van der Waals surface area (Å²) >= 11 is 1.66. The van der Waals surface area contributed by atoms with Crippen LogP contribution in [0, 0.1) is 5.92 Å². The number of rotatable bonds is 13. The van der Waals surface area contributed by atoms with Gasteiger partial charge in [-0.15, -0.1) is 11.3 Å². The number of nitrogens with one attached hydrogen (secondary N) is 2. The minimum Gasteiger partial charge on any atom is -0.457 e. The number of carbonyl (C=O) groups excluding carboxylic acids is 2. The quantitative estimate of drug-likeness (QED) is 0.119. The van der Waals surface area contributed by atoms with Gasteiger partial charge in [0.15, 0.2) is 0 Å². The van der Waals surface area contributed by atoms with E-state index in [0.717, 1.165) is 57.7 Å². The Balaban J connectivity index is 1.24. The van der Waals surface area contributed by atoms with Crippen LogP contribution in [0.2, 0.25) is 0 Å². The van der Waals surface area contributed by atoms with E-state index in [0.29, 0.717) is 24.0 Å². The van der Waals surface area contributed by atoms with Crippen LogP contribution in [0.15, 0.2) is 91.0 Å². The van der Waals surface area contributed by atoms with Gasteiger partial charge in [0.1, 0.15) is 23.2 Å². The van der Waals surface area contributed by atoms with Crippen molar-refractivity contribution in [2.45, 2.75) is 97.1 Å². The molecule has 1 aliphatic carbocycles. The summed E-state index contributed by atoms with van der Waals surface area (Å²) in [6.45, 7) is 11.1. The number of hydrogen-bond donors (Lipinski definition) is 2. The third kappa shape index (κ3) is 9.63. The number of hydroxylamine groups is 1. The monoisotopic (exact) mass is 703 g/mol. The molecule has 2 aromatic heterocycles. The highest BCUT2D eigenvalue weighted by atomic mass is 32.1. The van der Waals surface area contributed by atoms with Crippen molar-refractivity contribution in [3.8, 4) is 11.5 Å². The number of fused-ring (bicyclic) bond motifs is 1. The van der Waals surface area contributed by atoms with Crippen LogP contribution in [0.5, 0.6) is 11.5 Å². The first-order chi connectivity index (χ1) is 24.5. The van der Waals surface area contributed by atoms with Gasteiger partial charge in [0.25, 0.3) is 11.8 Å². The van der Waals surface area contributed by atoms with Crippen molar-refractivity contribution in [3.05, 3.63) is 123 Å². The molecule has 6 rings (SSSR count). The first kappa shape index (κ1) is 36.3. The highest BCUT2D eigenvalue weighted by Crippen LogP contribution is 2.33. The van der Waals surface area contributed by atoms with Gasteiger partial charge < -0.3 is 10.1 Å². The van der Waals surface area contributed by atoms with E-state index in [1.807, 2.05) is 72.8 Å². The summed E-state index contributed by atoms with van der Waals surface area (Å²) in [6, 6.07) is 28.9. The fourth-order valence-electron chi connectivity index (χ4n) is 6.57. The van der Waals surface area contributed by atoms with Crippen LogP contribution in [0.1, 0.15) is 103 Å². The molecule has 0 aliphatic heterocycles. The number of ether oxygens (including phenoxy) is 1. The van der Waals surface area contributed by atoms with Crippen LogP contribution in [-0.4, -0.2) is 22.8 Å². The van der Waals surface area contributed by atoms with Crippen molar-refractivity contribution in [2.75, 3.05) is 0 Å². The Bertz CT molecular complexity index is 1940. The molecule has 7 nitrogen and oxygen atoms in total. The second kappa shape index (κ2) is 16.2. The Morgan fingerprint density at radius 1 is 0.902 bits per heavy atom. The standard InChI is InChI=1S/C43H49N3O4S/c1-28(2)40-22-21-35(51-40)26-39(42(48)46-49-27-30-13-7-6-8-14-30)45-41(47)38-24-31-15-18-34(50-33-19-16-32(17-20-33)43(3,4)5)25-36(31)37(44-38)23-29-11-9-10-12-29/h6-8,13-22,24-25,28-29,39H,9-12,23,26-27H2,1-5H3,(H,45,47)(H,46,48). The van der Waals surface area contributed by atoms with Crippen molar-refractivity contribution >= 4 is 33.9 Å². The number of amides is 2. The van der Waals surface area contributed by atoms with Gasteiger partial charge in [0, 0.05) is 27.3 Å². The maximum absolute atomic E-state index is 14.0. The van der Waals surface area contributed by atoms with E-state index in [2.05, 4.69) is 63.6 Å². The highest BCUT2D eigenvalue weighted by molar-refractivity contribution is 7.12. The molecule has 1 fully saturated rings. The third-order valence-corrected chi connectivity index (χ3v) is 11.0. The lowest BCUT2D eigenvalue weighted by Crippen LogP contribution is -2.48. The predicted octanol–water partition coefficient (Wildman–Crippen LogP) is 9.83. The number of thiophene rings is 1. The third-order valence-electron chi connectivity index (χ3n) is 9.56. The number of aromatic nitrogens is 1. The van der Waals surface area contributed by atoms with E-state index in [1.54, 1.807) is 11.3 Å². The van der Waals surface area contributed by atoms with Gasteiger partial charge in [0.2, 0.25) is 0 Å². The van der Waals surface area contributed by atoms with Crippen molar-refractivity contribution in [2.24, 2.45) is 5.92 Å². The molecule has 0 radical (unpaired) electrons. The van der Waals surface area contributed by atoms with Crippen molar-refractivity contribution in [3.63, 3.8) is 0 Å². The number of nitrogens with zero attached hydrogens (tertiary/aromatic N) is 1. The molecule has 1 saturated carbocycles. The molecule has 5 aromatic rings. The minimum absolute atomic E-state index is 0.0630. The van der Waals surface area contributed by atoms with E-state index in [9.17, 15) is 9.59 Å². The summed E-state index contributed by atoms with van der Waals surface area (Å²) in [4.78, 5) is 40.3. The molecular weight excluding hydrogens is 655 g/mol. The molecule has 1 unspecified atom stereocenters. The molecule has 2 amide bonds. The second-order valence-electron chi connectivity index (χ2n) is 15.0. The van der Waals surface area contributed by atoms with Crippen LogP contribution >= 0.6 is 11.3 Å². The van der Waals surface area contributed by atoms with Gasteiger partial charge in [-0.25, -0.2) is 10.5 Å². The molecular formula is C43H49N3O4S. The van der Waals surface area contributed by atoms with E-state index < -0.39 is 17.9 Å². The lowest BCUT2D eigenvalue weighted by molar-refractivity contribution is -0.136. The van der Waals surface area contributed by atoms with E-state index in [1.165, 1.54) is 23.3 Å². The lowest BCUT2D eigenvalue weighted by Gasteiger charge is -2.19. The molecule has 2 N–H and O–H groups in total. The Hall–Kier alpha value is -4.53. The summed E-state index contributed by atoms with van der Waals surface area (Å²) < 4.78 is 6.31. The first-order valence-electron chi connectivity index (χ1n) is 18.1.